The lowest BCUT2D eigenvalue weighted by Gasteiger charge is -2.17. The standard InChI is InChI=1S/C13H10BrF2NO/c1-18-12-6-10(7-17-8-12)13(15,16)9-2-4-11(14)5-3-9/h2-8H,1H3. The van der Waals surface area contributed by atoms with E-state index in [9.17, 15) is 8.78 Å². The molecule has 0 N–H and O–H groups in total. The maximum Gasteiger partial charge on any atom is 0.300 e. The Bertz CT molecular complexity index is 543. The Morgan fingerprint density at radius 3 is 2.39 bits per heavy atom. The van der Waals surface area contributed by atoms with Crippen molar-refractivity contribution in [2.45, 2.75) is 5.92 Å². The molecule has 0 aliphatic rings. The molecule has 2 nitrogen and oxygen atoms in total. The molecule has 0 spiro atoms. The first-order valence-corrected chi connectivity index (χ1v) is 5.96. The molecule has 18 heavy (non-hydrogen) atoms. The van der Waals surface area contributed by atoms with Crippen molar-refractivity contribution in [1.82, 2.24) is 4.98 Å². The number of aromatic nitrogens is 1. The smallest absolute Gasteiger partial charge is 0.300 e. The summed E-state index contributed by atoms with van der Waals surface area (Å²) in [6.45, 7) is 0. The van der Waals surface area contributed by atoms with E-state index in [1.54, 1.807) is 12.1 Å². The topological polar surface area (TPSA) is 22.1 Å². The first kappa shape index (κ1) is 13.0. The summed E-state index contributed by atoms with van der Waals surface area (Å²) in [7, 11) is 1.42. The van der Waals surface area contributed by atoms with Crippen molar-refractivity contribution < 1.29 is 13.5 Å². The van der Waals surface area contributed by atoms with Crippen LogP contribution in [-0.4, -0.2) is 12.1 Å². The van der Waals surface area contributed by atoms with Crippen LogP contribution in [0.2, 0.25) is 0 Å². The van der Waals surface area contributed by atoms with Gasteiger partial charge in [-0.05, 0) is 18.2 Å². The van der Waals surface area contributed by atoms with Crippen LogP contribution >= 0.6 is 15.9 Å². The zero-order valence-corrected chi connectivity index (χ0v) is 11.1. The highest BCUT2D eigenvalue weighted by atomic mass is 79.9. The summed E-state index contributed by atoms with van der Waals surface area (Å²) in [5, 5.41) is 0. The van der Waals surface area contributed by atoms with E-state index < -0.39 is 5.92 Å². The van der Waals surface area contributed by atoms with Gasteiger partial charge in [0.05, 0.1) is 13.3 Å². The summed E-state index contributed by atoms with van der Waals surface area (Å²) < 4.78 is 34.1. The van der Waals surface area contributed by atoms with E-state index in [1.165, 1.54) is 31.5 Å². The Balaban J connectivity index is 2.43. The minimum Gasteiger partial charge on any atom is -0.495 e. The van der Waals surface area contributed by atoms with E-state index in [0.717, 1.165) is 10.7 Å². The number of benzene rings is 1. The molecule has 0 radical (unpaired) electrons. The lowest BCUT2D eigenvalue weighted by Crippen LogP contribution is -2.15. The van der Waals surface area contributed by atoms with Crippen molar-refractivity contribution in [2.24, 2.45) is 0 Å². The molecule has 1 aromatic carbocycles. The van der Waals surface area contributed by atoms with Gasteiger partial charge in [-0.15, -0.1) is 0 Å². The third kappa shape index (κ3) is 2.51. The van der Waals surface area contributed by atoms with Crippen molar-refractivity contribution in [3.63, 3.8) is 0 Å². The quantitative estimate of drug-likeness (QED) is 0.854. The Labute approximate surface area is 112 Å². The predicted molar refractivity (Wildman–Crippen MR) is 67.9 cm³/mol. The van der Waals surface area contributed by atoms with Gasteiger partial charge in [0.15, 0.2) is 0 Å². The molecule has 0 aliphatic carbocycles. The van der Waals surface area contributed by atoms with Gasteiger partial charge in [0, 0.05) is 21.8 Å². The number of halogens is 3. The van der Waals surface area contributed by atoms with Gasteiger partial charge in [-0.25, -0.2) is 0 Å². The number of ether oxygens (including phenoxy) is 1. The van der Waals surface area contributed by atoms with E-state index in [1.807, 2.05) is 0 Å². The predicted octanol–water partition coefficient (Wildman–Crippen LogP) is 3.99. The van der Waals surface area contributed by atoms with Gasteiger partial charge in [0.2, 0.25) is 0 Å². The molecule has 1 aromatic heterocycles. The molecule has 0 unspecified atom stereocenters. The van der Waals surface area contributed by atoms with Gasteiger partial charge in [-0.1, -0.05) is 28.1 Å². The maximum absolute atomic E-state index is 14.2. The molecule has 1 heterocycles. The number of alkyl halides is 2. The molecule has 0 amide bonds. The Morgan fingerprint density at radius 1 is 1.11 bits per heavy atom. The molecular formula is C13H10BrF2NO. The van der Waals surface area contributed by atoms with Crippen molar-refractivity contribution in [2.75, 3.05) is 7.11 Å². The van der Waals surface area contributed by atoms with Crippen LogP contribution in [0.5, 0.6) is 5.75 Å². The molecular weight excluding hydrogens is 304 g/mol. The van der Waals surface area contributed by atoms with Gasteiger partial charge >= 0.3 is 0 Å². The molecule has 0 atom stereocenters. The van der Waals surface area contributed by atoms with Gasteiger partial charge < -0.3 is 4.74 Å². The average molecular weight is 314 g/mol. The summed E-state index contributed by atoms with van der Waals surface area (Å²) in [5.74, 6) is -2.79. The highest BCUT2D eigenvalue weighted by Crippen LogP contribution is 2.36. The lowest BCUT2D eigenvalue weighted by molar-refractivity contribution is 0.0422. The van der Waals surface area contributed by atoms with Crippen LogP contribution in [0.25, 0.3) is 0 Å². The van der Waals surface area contributed by atoms with Crippen LogP contribution < -0.4 is 4.74 Å². The van der Waals surface area contributed by atoms with E-state index in [0.29, 0.717) is 5.75 Å². The summed E-state index contributed by atoms with van der Waals surface area (Å²) in [5.41, 5.74) is -0.273. The Hall–Kier alpha value is -1.49. The molecule has 0 saturated carbocycles. The minimum absolute atomic E-state index is 0.0826. The first-order valence-electron chi connectivity index (χ1n) is 5.17. The third-order valence-corrected chi connectivity index (χ3v) is 3.05. The molecule has 5 heteroatoms. The van der Waals surface area contributed by atoms with Crippen LogP contribution in [0.1, 0.15) is 11.1 Å². The zero-order valence-electron chi connectivity index (χ0n) is 9.53. The highest BCUT2D eigenvalue weighted by molar-refractivity contribution is 9.10. The molecule has 0 bridgehead atoms. The largest absolute Gasteiger partial charge is 0.495 e. The third-order valence-electron chi connectivity index (χ3n) is 2.52. The summed E-state index contributed by atoms with van der Waals surface area (Å²) in [6, 6.07) is 7.20. The van der Waals surface area contributed by atoms with Crippen molar-refractivity contribution in [3.8, 4) is 5.75 Å². The fraction of sp³-hybridized carbons (Fsp3) is 0.154. The van der Waals surface area contributed by atoms with Gasteiger partial charge in [-0.3, -0.25) is 4.98 Å². The fourth-order valence-electron chi connectivity index (χ4n) is 1.53. The monoisotopic (exact) mass is 313 g/mol. The van der Waals surface area contributed by atoms with E-state index in [2.05, 4.69) is 20.9 Å². The van der Waals surface area contributed by atoms with Gasteiger partial charge in [-0.2, -0.15) is 8.78 Å². The Morgan fingerprint density at radius 2 is 1.78 bits per heavy atom. The van der Waals surface area contributed by atoms with Crippen LogP contribution in [-0.2, 0) is 5.92 Å². The molecule has 0 fully saturated rings. The average Bonchev–Trinajstić information content (AvgIpc) is 2.39. The minimum atomic E-state index is -3.10. The normalized spacial score (nSPS) is 11.3. The summed E-state index contributed by atoms with van der Waals surface area (Å²) in [6.07, 6.45) is 2.53. The second kappa shape index (κ2) is 5.02. The number of hydrogen-bond donors (Lipinski definition) is 0. The number of methoxy groups -OCH3 is 1. The van der Waals surface area contributed by atoms with Crippen LogP contribution in [0.4, 0.5) is 8.78 Å². The second-order valence-corrected chi connectivity index (χ2v) is 4.61. The molecule has 0 aliphatic heterocycles. The Kier molecular flexibility index (Phi) is 3.61. The number of nitrogens with zero attached hydrogens (tertiary/aromatic N) is 1. The van der Waals surface area contributed by atoms with Crippen molar-refractivity contribution in [3.05, 3.63) is 58.3 Å². The molecule has 2 aromatic rings. The van der Waals surface area contributed by atoms with E-state index in [-0.39, 0.29) is 11.1 Å². The fourth-order valence-corrected chi connectivity index (χ4v) is 1.79. The molecule has 0 saturated heterocycles. The second-order valence-electron chi connectivity index (χ2n) is 3.69. The van der Waals surface area contributed by atoms with Crippen molar-refractivity contribution in [1.29, 1.82) is 0 Å². The zero-order chi connectivity index (χ0) is 13.2. The SMILES string of the molecule is COc1cncc(C(F)(F)c2ccc(Br)cc2)c1. The molecule has 94 valence electrons. The van der Waals surface area contributed by atoms with E-state index in [4.69, 9.17) is 4.74 Å². The molecule has 2 rings (SSSR count). The summed E-state index contributed by atoms with van der Waals surface area (Å²) in [4.78, 5) is 3.75. The van der Waals surface area contributed by atoms with Crippen LogP contribution in [0.3, 0.4) is 0 Å². The van der Waals surface area contributed by atoms with Crippen LogP contribution in [0.15, 0.2) is 47.2 Å². The first-order chi connectivity index (χ1) is 8.54. The maximum atomic E-state index is 14.2. The highest BCUT2D eigenvalue weighted by Gasteiger charge is 2.34. The number of rotatable bonds is 3. The number of hydrogen-bond acceptors (Lipinski definition) is 2. The number of pyridine rings is 1. The lowest BCUT2D eigenvalue weighted by atomic mass is 10.0. The van der Waals surface area contributed by atoms with E-state index >= 15 is 0 Å². The van der Waals surface area contributed by atoms with Crippen LogP contribution in [0, 0.1) is 0 Å². The van der Waals surface area contributed by atoms with Gasteiger partial charge in [0.1, 0.15) is 5.75 Å². The summed E-state index contributed by atoms with van der Waals surface area (Å²) >= 11 is 3.21. The van der Waals surface area contributed by atoms with Gasteiger partial charge in [0.25, 0.3) is 5.92 Å². The van der Waals surface area contributed by atoms with Crippen molar-refractivity contribution >= 4 is 15.9 Å².